The monoisotopic (exact) mass is 1460 g/mol. The average molecular weight is 1460 g/mol. The minimum atomic E-state index is -0.714. The maximum Gasteiger partial charge on any atom is 0.546 e. The molecule has 4 aromatic carbocycles. The predicted octanol–water partition coefficient (Wildman–Crippen LogP) is 13.0. The van der Waals surface area contributed by atoms with E-state index in [1.165, 1.54) is 38.9 Å². The van der Waals surface area contributed by atoms with E-state index in [2.05, 4.69) is 228 Å². The second-order valence-corrected chi connectivity index (χ2v) is 38.0. The Morgan fingerprint density at radius 1 is 0.491 bits per heavy atom. The van der Waals surface area contributed by atoms with Gasteiger partial charge in [-0.15, -0.1) is 10.2 Å². The number of amidine groups is 1. The van der Waals surface area contributed by atoms with E-state index in [0.29, 0.717) is 38.7 Å². The molecule has 0 bridgehead atoms. The number of H-pyrrole nitrogens is 1. The smallest absolute Gasteiger partial charge is 0.546 e. The number of hydrogen-bond donors (Lipinski definition) is 8. The van der Waals surface area contributed by atoms with Gasteiger partial charge in [0.05, 0.1) is 6.44 Å². The number of allylic oxidation sites excluding steroid dienone is 1. The molecule has 13 rings (SSSR count). The Morgan fingerprint density at radius 2 is 0.991 bits per heavy atom. The van der Waals surface area contributed by atoms with E-state index in [0.717, 1.165) is 89.7 Å². The first-order chi connectivity index (χ1) is 48.0. The normalized spacial score (nSPS) is 17.2. The lowest BCUT2D eigenvalue weighted by atomic mass is 9.62. The summed E-state index contributed by atoms with van der Waals surface area (Å²) in [6.45, 7) is 60.1. The van der Waals surface area contributed by atoms with Gasteiger partial charge in [-0.25, -0.2) is 0 Å². The van der Waals surface area contributed by atoms with Gasteiger partial charge in [0.1, 0.15) is 23.9 Å². The highest BCUT2D eigenvalue weighted by atomic mass is 16.5. The van der Waals surface area contributed by atoms with Crippen molar-refractivity contribution in [3.63, 3.8) is 0 Å². The molecule has 8 N–H and O–H groups in total. The zero-order chi connectivity index (χ0) is 79.4. The first-order valence-electron chi connectivity index (χ1n) is 37.7. The summed E-state index contributed by atoms with van der Waals surface area (Å²) in [5.74, 6) is 4.14. The van der Waals surface area contributed by atoms with Crippen LogP contribution in [0.25, 0.3) is 0 Å². The molecule has 1 amide bonds. The lowest BCUT2D eigenvalue weighted by Crippen LogP contribution is -2.34. The van der Waals surface area contributed by atoms with E-state index in [1.54, 1.807) is 0 Å². The third-order valence-corrected chi connectivity index (χ3v) is 18.8. The number of aromatic amines is 1. The average Bonchev–Trinajstić information content (AvgIpc) is 1.65. The van der Waals surface area contributed by atoms with Gasteiger partial charge >= 0.3 is 49.2 Å². The Kier molecular flexibility index (Phi) is 32.8. The molecule has 0 saturated carbocycles. The lowest BCUT2D eigenvalue weighted by Gasteiger charge is -2.26. The van der Waals surface area contributed by atoms with Crippen LogP contribution in [0.4, 0.5) is 0 Å². The summed E-state index contributed by atoms with van der Waals surface area (Å²) in [5, 5.41) is 72.2. The summed E-state index contributed by atoms with van der Waals surface area (Å²) in [7, 11) is -2.54. The fourth-order valence-electron chi connectivity index (χ4n) is 12.0. The van der Waals surface area contributed by atoms with Crippen molar-refractivity contribution < 1.29 is 58.2 Å². The van der Waals surface area contributed by atoms with Crippen molar-refractivity contribution >= 4 is 77.8 Å². The Balaban J connectivity index is 0.000000253. The summed E-state index contributed by atoms with van der Waals surface area (Å²) >= 11 is 0. The van der Waals surface area contributed by atoms with Crippen LogP contribution in [-0.4, -0.2) is 143 Å². The summed E-state index contributed by atoms with van der Waals surface area (Å²) in [4.78, 5) is 18.8. The third kappa shape index (κ3) is 29.1. The molecule has 26 heteroatoms. The van der Waals surface area contributed by atoms with Crippen LogP contribution < -0.4 is 25.6 Å². The Morgan fingerprint density at radius 3 is 1.37 bits per heavy atom. The summed E-state index contributed by atoms with van der Waals surface area (Å²) in [5.41, 5.74) is 14.5. The van der Waals surface area contributed by atoms with E-state index >= 15 is 0 Å². The zero-order valence-corrected chi connectivity index (χ0v) is 69.3. The van der Waals surface area contributed by atoms with Crippen molar-refractivity contribution in [2.45, 2.75) is 285 Å². The molecule has 5 aromatic rings. The maximum atomic E-state index is 10.7. The molecule has 8 aliphatic heterocycles. The van der Waals surface area contributed by atoms with E-state index < -0.39 is 28.5 Å². The third-order valence-electron chi connectivity index (χ3n) is 18.8. The van der Waals surface area contributed by atoms with Gasteiger partial charge in [0.2, 0.25) is 5.91 Å². The van der Waals surface area contributed by atoms with E-state index in [4.69, 9.17) is 33.3 Å². The molecule has 0 aliphatic carbocycles. The van der Waals surface area contributed by atoms with Gasteiger partial charge in [-0.05, 0) is 146 Å². The number of amides is 1. The van der Waals surface area contributed by atoms with Gasteiger partial charge in [0.15, 0.2) is 11.7 Å². The molecule has 1 unspecified atom stereocenters. The van der Waals surface area contributed by atoms with Gasteiger partial charge in [0.25, 0.3) is 0 Å². The lowest BCUT2D eigenvalue weighted by molar-refractivity contribution is -0.117. The number of nitrogens with one attached hydrogen (secondary N) is 2. The van der Waals surface area contributed by atoms with E-state index in [9.17, 15) is 24.9 Å². The van der Waals surface area contributed by atoms with E-state index in [1.807, 2.05) is 80.5 Å². The minimum absolute atomic E-state index is 0. The highest BCUT2D eigenvalue weighted by Crippen LogP contribution is 2.36. The Labute approximate surface area is 641 Å². The Hall–Kier alpha value is -5.97. The number of aryl methyl sites for hydroxylation is 2. The second kappa shape index (κ2) is 37.6. The second-order valence-electron chi connectivity index (χ2n) is 38.0. The fourth-order valence-corrected chi connectivity index (χ4v) is 12.0. The predicted molar refractivity (Wildman–Crippen MR) is 445 cm³/mol. The van der Waals surface area contributed by atoms with Crippen molar-refractivity contribution in [2.24, 2.45) is 31.6 Å². The summed E-state index contributed by atoms with van der Waals surface area (Å²) in [6.07, 6.45) is 9.86. The number of nitrogens with zero attached hydrogens (tertiary/aromatic N) is 5. The molecular weight excluding hydrogens is 1330 g/mol. The van der Waals surface area contributed by atoms with Crippen molar-refractivity contribution in [1.82, 2.24) is 25.9 Å². The van der Waals surface area contributed by atoms with Crippen LogP contribution in [0, 0.1) is 21.7 Å². The molecule has 106 heavy (non-hydrogen) atoms. The topological polar surface area (TPSA) is 276 Å². The number of aromatic nitrogens is 4. The molecule has 580 valence electrons. The number of carbonyl (C=O) groups excluding carboxylic acids is 1. The van der Waals surface area contributed by atoms with Crippen molar-refractivity contribution in [3.8, 4) is 11.5 Å². The number of benzene rings is 4. The quantitative estimate of drug-likeness (QED) is 0.0670. The first kappa shape index (κ1) is 92.4. The van der Waals surface area contributed by atoms with Crippen LogP contribution in [0.2, 0.25) is 25.8 Å². The standard InChI is InChI=1S/3C12H17BO.C11H15BO2.C7H13BO2.C7H15BO2.C7H12N2O.C6H12BNO2.C5H10N4.CH4/c1-12(2,3)10-6-5-9-8-13(4)14-11(9)7-10;1-12(2,3)10-4-5-11-9(8-10)6-7-13(11)14;1-12(2,3)10-5-4-9-6-7-13(14)11(9)8-10;1-11(2,3)9-5-4-8-7-12(13)14-10(8)6-9;1-7(2,3)6-4-5-10-8(6)9;1-7(2,3)6-4-5-8(9)10-6;1-7(2,3)6-8-4-5(10)9-6;1-6(2,3)5-8-4-7(9)10-5;1-5(2,3)4-6-8-9-7-4;/h5-7H,8H2,1-4H3;2*4-5,8,14H,6-7H2,1-3H3;4-6,13H,7H2,1-3H3;4,9H,5H2,1-3H3;6,9H,4-5H2,1-3H3;4H2,1-3H3,(H,8,9,10);9H,4H2,1-3H3;1-3H3,(H,6,7,8,9);1H4. The number of tetrazole rings is 1. The van der Waals surface area contributed by atoms with Crippen molar-refractivity contribution in [2.75, 3.05) is 19.6 Å². The van der Waals surface area contributed by atoms with Crippen molar-refractivity contribution in [3.05, 3.63) is 135 Å². The van der Waals surface area contributed by atoms with Gasteiger partial charge < -0.3 is 58.7 Å². The van der Waals surface area contributed by atoms with Crippen LogP contribution >= 0.6 is 0 Å². The molecular formula is C80H132B7N7O12. The van der Waals surface area contributed by atoms with Gasteiger partial charge in [-0.2, -0.15) is 5.21 Å². The van der Waals surface area contributed by atoms with Crippen LogP contribution in [0.1, 0.15) is 251 Å². The number of rotatable bonds is 0. The molecule has 1 fully saturated rings. The highest BCUT2D eigenvalue weighted by molar-refractivity contribution is 6.68. The minimum Gasteiger partial charge on any atom is -0.561 e. The molecule has 8 aliphatic rings. The van der Waals surface area contributed by atoms with Gasteiger partial charge in [-0.1, -0.05) is 277 Å². The molecule has 1 aromatic heterocycles. The van der Waals surface area contributed by atoms with Gasteiger partial charge in [0, 0.05) is 35.3 Å². The first-order valence-corrected chi connectivity index (χ1v) is 37.7. The molecule has 1 atom stereocenters. The number of carbonyl (C=O) groups is 1. The van der Waals surface area contributed by atoms with Crippen molar-refractivity contribution in [1.29, 1.82) is 0 Å². The molecule has 0 spiro atoms. The summed E-state index contributed by atoms with van der Waals surface area (Å²) in [6, 6.07) is 25.8. The fraction of sp³-hybridized carbons (Fsp3) is 0.625. The Bertz CT molecular complexity index is 3650. The molecule has 19 nitrogen and oxygen atoms in total. The molecule has 1 saturated heterocycles. The van der Waals surface area contributed by atoms with E-state index in [-0.39, 0.29) is 82.0 Å². The van der Waals surface area contributed by atoms with Crippen LogP contribution in [0.5, 0.6) is 11.5 Å². The van der Waals surface area contributed by atoms with Crippen LogP contribution in [0.15, 0.2) is 94.3 Å². The zero-order valence-electron chi connectivity index (χ0n) is 69.3. The highest BCUT2D eigenvalue weighted by Gasteiger charge is 2.37. The van der Waals surface area contributed by atoms with Crippen LogP contribution in [-0.2, 0) is 71.3 Å². The molecule has 0 radical (unpaired) electrons. The maximum absolute atomic E-state index is 10.7. The van der Waals surface area contributed by atoms with Gasteiger partial charge in [-0.3, -0.25) is 14.8 Å². The summed E-state index contributed by atoms with van der Waals surface area (Å²) < 4.78 is 26.3. The molecule has 9 heterocycles. The number of aliphatic imine (C=N–C) groups is 2. The number of hydrogen-bond acceptors (Lipinski definition) is 17. The van der Waals surface area contributed by atoms with Crippen LogP contribution in [0.3, 0.4) is 0 Å². The largest absolute Gasteiger partial charge is 0.561 e. The number of fused-ring (bicyclic) bond motifs is 4. The SMILES string of the molecule is C.CB1Cc2ccc(C(C)(C)C)cc2O1.CC(C)(C)C1=CCOB1O.CC(C)(C)C1=NCB(O)O1.CC(C)(C)C1=NCC(=O)N1.CC(C)(C)C1CCB(O)O1.CC(C)(C)c1ccc2c(c1)B(O)CC2.CC(C)(C)c1ccc2c(c1)CCB2O.CC(C)(C)c1ccc2c(c1)OB(O)C2.CC(C)(C)c1nn[nH]n1.